The van der Waals surface area contributed by atoms with E-state index < -0.39 is 35.0 Å². The summed E-state index contributed by atoms with van der Waals surface area (Å²) >= 11 is -1.80. The van der Waals surface area contributed by atoms with E-state index in [1.165, 1.54) is 21.5 Å². The predicted molar refractivity (Wildman–Crippen MR) is 153 cm³/mol. The summed E-state index contributed by atoms with van der Waals surface area (Å²) in [5.41, 5.74) is 0. The Morgan fingerprint density at radius 2 is 1.09 bits per heavy atom. The summed E-state index contributed by atoms with van der Waals surface area (Å²) in [5, 5.41) is 8.87. The van der Waals surface area contributed by atoms with Gasteiger partial charge in [-0.15, -0.1) is 59.3 Å². The number of fused-ring (bicyclic) bond motifs is 2. The fourth-order valence-corrected chi connectivity index (χ4v) is 9.59. The molecule has 4 aromatic carbocycles. The second kappa shape index (κ2) is 12.2. The molecule has 0 nitrogen and oxygen atoms in total. The van der Waals surface area contributed by atoms with Crippen molar-refractivity contribution in [3.63, 3.8) is 0 Å². The molecular formula is C27H36Cl2Si2Zr-2. The van der Waals surface area contributed by atoms with Gasteiger partial charge in [0.25, 0.3) is 0 Å². The molecule has 0 heterocycles. The predicted octanol–water partition coefficient (Wildman–Crippen LogP) is 8.33. The first-order valence-electron chi connectivity index (χ1n) is 11.3. The van der Waals surface area contributed by atoms with Crippen LogP contribution in [-0.4, -0.2) is 19.9 Å². The van der Waals surface area contributed by atoms with Crippen LogP contribution in [0.1, 0.15) is 13.3 Å². The molecule has 0 spiro atoms. The van der Waals surface area contributed by atoms with Crippen molar-refractivity contribution >= 4 is 68.8 Å². The van der Waals surface area contributed by atoms with E-state index in [-0.39, 0.29) is 0 Å². The van der Waals surface area contributed by atoms with Crippen molar-refractivity contribution in [1.29, 1.82) is 0 Å². The van der Waals surface area contributed by atoms with Gasteiger partial charge in [-0.05, 0) is 0 Å². The van der Waals surface area contributed by atoms with Crippen LogP contribution >= 0.6 is 17.0 Å². The van der Waals surface area contributed by atoms with Gasteiger partial charge in [0.1, 0.15) is 0 Å². The summed E-state index contributed by atoms with van der Waals surface area (Å²) in [7, 11) is 8.68. The zero-order valence-electron chi connectivity index (χ0n) is 20.5. The minimum Gasteiger partial charge on any atom is -0.157 e. The van der Waals surface area contributed by atoms with Crippen LogP contribution in [0.25, 0.3) is 21.5 Å². The van der Waals surface area contributed by atoms with Crippen LogP contribution in [0.4, 0.5) is 0 Å². The van der Waals surface area contributed by atoms with Gasteiger partial charge >= 0.3 is 53.0 Å². The van der Waals surface area contributed by atoms with Crippen molar-refractivity contribution in [1.82, 2.24) is 0 Å². The van der Waals surface area contributed by atoms with Crippen molar-refractivity contribution in [2.45, 2.75) is 52.6 Å². The van der Waals surface area contributed by atoms with Gasteiger partial charge in [0.2, 0.25) is 0 Å². The molecule has 0 aliphatic rings. The van der Waals surface area contributed by atoms with Gasteiger partial charge < -0.3 is 0 Å². The molecule has 0 aromatic heterocycles. The molecule has 0 atom stereocenters. The SMILES string of the molecule is CC[CH]=[Zr]([Cl])[Cl].C[Si](C)(C)c1c[cH-]c2ccccc12.C[Si](C)(C)c1c[cH-]c2ccccc12. The average molecular weight is 579 g/mol. The first-order chi connectivity index (χ1) is 14.9. The Morgan fingerprint density at radius 3 is 1.38 bits per heavy atom. The minimum absolute atomic E-state index is 1.03. The zero-order valence-corrected chi connectivity index (χ0v) is 26.4. The fraction of sp³-hybridized carbons (Fsp3) is 0.296. The van der Waals surface area contributed by atoms with Crippen LogP contribution in [-0.2, 0) is 18.9 Å². The first-order valence-corrected chi connectivity index (χ1v) is 26.0. The molecule has 0 amide bonds. The molecule has 4 rings (SSSR count). The van der Waals surface area contributed by atoms with Gasteiger partial charge in [-0.2, -0.15) is 33.3 Å². The Balaban J connectivity index is 0.000000183. The molecule has 0 bridgehead atoms. The van der Waals surface area contributed by atoms with Crippen LogP contribution in [0.3, 0.4) is 0 Å². The minimum atomic E-state index is -1.80. The van der Waals surface area contributed by atoms with E-state index in [9.17, 15) is 0 Å². The summed E-state index contributed by atoms with van der Waals surface area (Å²) in [6.45, 7) is 16.4. The van der Waals surface area contributed by atoms with Crippen LogP contribution < -0.4 is 10.4 Å². The maximum atomic E-state index is 5.48. The molecule has 0 fully saturated rings. The Labute approximate surface area is 211 Å². The molecule has 4 aromatic rings. The molecule has 0 saturated heterocycles. The maximum Gasteiger partial charge on any atom is 0.0209 e. The van der Waals surface area contributed by atoms with Crippen LogP contribution in [0.15, 0.2) is 72.8 Å². The smallest absolute Gasteiger partial charge is 0.0209 e. The normalized spacial score (nSPS) is 11.4. The van der Waals surface area contributed by atoms with E-state index >= 15 is 0 Å². The Bertz CT molecular complexity index is 1070. The summed E-state index contributed by atoms with van der Waals surface area (Å²) in [6.07, 6.45) is 1.03. The molecule has 0 N–H and O–H groups in total. The molecular weight excluding hydrogens is 543 g/mol. The second-order valence-corrected chi connectivity index (χ2v) is 28.5. The van der Waals surface area contributed by atoms with Gasteiger partial charge in [0, 0.05) is 16.1 Å². The van der Waals surface area contributed by atoms with Gasteiger partial charge in [-0.3, -0.25) is 0 Å². The van der Waals surface area contributed by atoms with E-state index in [4.69, 9.17) is 17.0 Å². The summed E-state index contributed by atoms with van der Waals surface area (Å²) < 4.78 is 2.02. The number of rotatable bonds is 3. The molecule has 32 heavy (non-hydrogen) atoms. The van der Waals surface area contributed by atoms with Crippen molar-refractivity contribution in [3.05, 3.63) is 72.8 Å². The molecule has 172 valence electrons. The van der Waals surface area contributed by atoms with Gasteiger partial charge in [-0.1, -0.05) is 51.4 Å². The number of benzene rings is 2. The number of hydrogen-bond donors (Lipinski definition) is 0. The van der Waals surface area contributed by atoms with Crippen LogP contribution in [0.2, 0.25) is 39.3 Å². The standard InChI is InChI=1S/2C12H15Si.C3H6.2ClH.Zr/c2*1-13(2,3)12-9-8-10-6-4-5-7-11(10)12;1-3-2;;;/h2*4-9H,1-3H3;1H,3H2,2H3;2*1H;/q2*-1;;;;+2/p-2. The molecule has 0 aliphatic carbocycles. The molecule has 0 unspecified atom stereocenters. The first kappa shape index (κ1) is 27.7. The van der Waals surface area contributed by atoms with Crippen molar-refractivity contribution in [2.75, 3.05) is 0 Å². The Hall–Kier alpha value is -0.573. The monoisotopic (exact) mass is 576 g/mol. The summed E-state index contributed by atoms with van der Waals surface area (Å²) in [4.78, 5) is 0. The Morgan fingerprint density at radius 1 is 0.719 bits per heavy atom. The Kier molecular flexibility index (Phi) is 10.6. The topological polar surface area (TPSA) is 0 Å². The third kappa shape index (κ3) is 8.03. The number of halogens is 2. The van der Waals surface area contributed by atoms with E-state index in [0.29, 0.717) is 0 Å². The summed E-state index contributed by atoms with van der Waals surface area (Å²) in [5.74, 6) is 0. The molecule has 0 aliphatic heterocycles. The third-order valence-corrected chi connectivity index (χ3v) is 13.0. The number of hydrogen-bond acceptors (Lipinski definition) is 0. The van der Waals surface area contributed by atoms with E-state index in [1.807, 2.05) is 10.6 Å². The second-order valence-electron chi connectivity index (χ2n) is 10.1. The zero-order chi connectivity index (χ0) is 23.9. The third-order valence-electron chi connectivity index (χ3n) is 5.34. The van der Waals surface area contributed by atoms with Crippen LogP contribution in [0.5, 0.6) is 0 Å². The van der Waals surface area contributed by atoms with Crippen molar-refractivity contribution in [3.8, 4) is 0 Å². The van der Waals surface area contributed by atoms with Gasteiger partial charge in [-0.25, -0.2) is 0 Å². The molecule has 0 saturated carbocycles. The van der Waals surface area contributed by atoms with Gasteiger partial charge in [0.05, 0.1) is 0 Å². The largest absolute Gasteiger partial charge is 0.157 e. The maximum absolute atomic E-state index is 5.48. The van der Waals surface area contributed by atoms with E-state index in [2.05, 4.69) is 112 Å². The molecule has 0 radical (unpaired) electrons. The summed E-state index contributed by atoms with van der Waals surface area (Å²) in [6, 6.07) is 26.4. The van der Waals surface area contributed by atoms with E-state index in [1.54, 1.807) is 10.4 Å². The van der Waals surface area contributed by atoms with Crippen molar-refractivity contribution < 1.29 is 18.9 Å². The van der Waals surface area contributed by atoms with Crippen LogP contribution in [0, 0.1) is 0 Å². The quantitative estimate of drug-likeness (QED) is 0.169. The fourth-order valence-electron chi connectivity index (χ4n) is 3.76. The van der Waals surface area contributed by atoms with Crippen molar-refractivity contribution in [2.24, 2.45) is 0 Å². The average Bonchev–Trinajstić information content (AvgIpc) is 3.33. The van der Waals surface area contributed by atoms with E-state index in [0.717, 1.165) is 6.42 Å². The van der Waals surface area contributed by atoms with Gasteiger partial charge in [0.15, 0.2) is 0 Å². The molecule has 5 heteroatoms.